The number of hydrogen-bond donors (Lipinski definition) is 1. The Morgan fingerprint density at radius 3 is 2.16 bits per heavy atom. The molecule has 3 aromatic carbocycles. The number of sulfonamides is 1. The summed E-state index contributed by atoms with van der Waals surface area (Å²) in [5, 5.41) is 2.79. The summed E-state index contributed by atoms with van der Waals surface area (Å²) in [6, 6.07) is 25.1. The molecule has 4 aromatic rings. The summed E-state index contributed by atoms with van der Waals surface area (Å²) in [7, 11) is -3.73. The summed E-state index contributed by atoms with van der Waals surface area (Å²) in [6.45, 7) is 0.448. The van der Waals surface area contributed by atoms with E-state index in [1.807, 2.05) is 18.2 Å². The van der Waals surface area contributed by atoms with Gasteiger partial charge in [-0.15, -0.1) is 0 Å². The molecule has 1 atom stereocenters. The van der Waals surface area contributed by atoms with E-state index in [0.717, 1.165) is 24.8 Å². The van der Waals surface area contributed by atoms with Gasteiger partial charge in [0.05, 0.1) is 10.9 Å². The molecular formula is C30H27N3O4S. The normalized spacial score (nSPS) is 16.1. The molecule has 1 unspecified atom stereocenters. The lowest BCUT2D eigenvalue weighted by Crippen LogP contribution is -2.38. The maximum Gasteiger partial charge on any atom is 0.255 e. The second-order valence-electron chi connectivity index (χ2n) is 9.16. The Labute approximate surface area is 222 Å². The average molecular weight is 526 g/mol. The highest BCUT2D eigenvalue weighted by Crippen LogP contribution is 2.35. The number of nitrogens with zero attached hydrogens (tertiary/aromatic N) is 2. The van der Waals surface area contributed by atoms with Gasteiger partial charge in [-0.2, -0.15) is 4.31 Å². The molecule has 1 N–H and O–H groups in total. The minimum atomic E-state index is -3.73. The smallest absolute Gasteiger partial charge is 0.255 e. The second-order valence-corrected chi connectivity index (χ2v) is 11.1. The van der Waals surface area contributed by atoms with Gasteiger partial charge in [0.2, 0.25) is 10.0 Å². The molecule has 192 valence electrons. The SMILES string of the molecule is O=C(Nc1ccc(S(=O)(=O)N2CCCCC2c2cccnc2)cc1)c1ccc(C(=O)c2ccccc2)cc1. The van der Waals surface area contributed by atoms with Crippen molar-refractivity contribution in [2.75, 3.05) is 11.9 Å². The van der Waals surface area contributed by atoms with Crippen LogP contribution in [0.3, 0.4) is 0 Å². The molecule has 1 amide bonds. The number of pyridine rings is 1. The largest absolute Gasteiger partial charge is 0.322 e. The van der Waals surface area contributed by atoms with Crippen LogP contribution in [0.2, 0.25) is 0 Å². The number of nitrogens with one attached hydrogen (secondary N) is 1. The van der Waals surface area contributed by atoms with Gasteiger partial charge in [0, 0.05) is 41.3 Å². The maximum absolute atomic E-state index is 13.5. The van der Waals surface area contributed by atoms with Crippen LogP contribution < -0.4 is 5.32 Å². The van der Waals surface area contributed by atoms with E-state index in [2.05, 4.69) is 10.3 Å². The van der Waals surface area contributed by atoms with Gasteiger partial charge >= 0.3 is 0 Å². The number of rotatable bonds is 7. The van der Waals surface area contributed by atoms with Crippen LogP contribution in [0.15, 0.2) is 108 Å². The third kappa shape index (κ3) is 5.41. The first-order valence-corrected chi connectivity index (χ1v) is 13.9. The first-order valence-electron chi connectivity index (χ1n) is 12.5. The van der Waals surface area contributed by atoms with E-state index in [4.69, 9.17) is 0 Å². The van der Waals surface area contributed by atoms with Crippen LogP contribution in [0, 0.1) is 0 Å². The number of ketones is 1. The number of aromatic nitrogens is 1. The van der Waals surface area contributed by atoms with Crippen LogP contribution in [0.1, 0.15) is 57.1 Å². The third-order valence-electron chi connectivity index (χ3n) is 6.69. The molecule has 7 nitrogen and oxygen atoms in total. The fourth-order valence-corrected chi connectivity index (χ4v) is 6.36. The van der Waals surface area contributed by atoms with Crippen LogP contribution in [-0.2, 0) is 10.0 Å². The fraction of sp³-hybridized carbons (Fsp3) is 0.167. The molecule has 1 aromatic heterocycles. The first kappa shape index (κ1) is 25.5. The van der Waals surface area contributed by atoms with E-state index in [-0.39, 0.29) is 22.6 Å². The Morgan fingerprint density at radius 2 is 1.47 bits per heavy atom. The lowest BCUT2D eigenvalue weighted by atomic mass is 9.99. The van der Waals surface area contributed by atoms with Crippen molar-refractivity contribution in [2.24, 2.45) is 0 Å². The predicted molar refractivity (Wildman–Crippen MR) is 145 cm³/mol. The third-order valence-corrected chi connectivity index (χ3v) is 8.61. The highest BCUT2D eigenvalue weighted by Gasteiger charge is 2.34. The summed E-state index contributed by atoms with van der Waals surface area (Å²) in [5.74, 6) is -0.471. The van der Waals surface area contributed by atoms with Gasteiger partial charge < -0.3 is 5.32 Å². The van der Waals surface area contributed by atoms with Crippen LogP contribution in [-0.4, -0.2) is 35.9 Å². The van der Waals surface area contributed by atoms with Gasteiger partial charge in [0.25, 0.3) is 5.91 Å². The molecule has 0 aliphatic carbocycles. The Kier molecular flexibility index (Phi) is 7.44. The van der Waals surface area contributed by atoms with E-state index in [9.17, 15) is 18.0 Å². The van der Waals surface area contributed by atoms with Crippen LogP contribution >= 0.6 is 0 Å². The van der Waals surface area contributed by atoms with Gasteiger partial charge in [-0.25, -0.2) is 8.42 Å². The number of piperidine rings is 1. The standard InChI is InChI=1S/C30H27N3O4S/c34-29(22-7-2-1-3-8-22)23-11-13-24(14-12-23)30(35)32-26-15-17-27(18-16-26)38(36,37)33-20-5-4-10-28(33)25-9-6-19-31-21-25/h1-3,6-9,11-19,21,28H,4-5,10,20H2,(H,32,35). The summed E-state index contributed by atoms with van der Waals surface area (Å²) in [6.07, 6.45) is 5.91. The zero-order valence-electron chi connectivity index (χ0n) is 20.7. The maximum atomic E-state index is 13.5. The highest BCUT2D eigenvalue weighted by atomic mass is 32.2. The van der Waals surface area contributed by atoms with Gasteiger partial charge in [-0.1, -0.05) is 55.0 Å². The Balaban J connectivity index is 1.28. The van der Waals surface area contributed by atoms with Crippen molar-refractivity contribution in [3.63, 3.8) is 0 Å². The number of carbonyl (C=O) groups is 2. The molecule has 0 radical (unpaired) electrons. The summed E-state index contributed by atoms with van der Waals surface area (Å²) in [5.41, 5.74) is 2.82. The molecule has 2 heterocycles. The molecule has 8 heteroatoms. The van der Waals surface area contributed by atoms with Gasteiger partial charge in [0.1, 0.15) is 0 Å². The first-order chi connectivity index (χ1) is 18.4. The lowest BCUT2D eigenvalue weighted by Gasteiger charge is -2.34. The molecule has 1 fully saturated rings. The average Bonchev–Trinajstić information content (AvgIpc) is 2.98. The van der Waals surface area contributed by atoms with Crippen molar-refractivity contribution in [1.82, 2.24) is 9.29 Å². The summed E-state index contributed by atoms with van der Waals surface area (Å²) >= 11 is 0. The highest BCUT2D eigenvalue weighted by molar-refractivity contribution is 7.89. The van der Waals surface area contributed by atoms with Crippen molar-refractivity contribution in [3.05, 3.63) is 126 Å². The van der Waals surface area contributed by atoms with Crippen LogP contribution in [0.5, 0.6) is 0 Å². The van der Waals surface area contributed by atoms with Crippen molar-refractivity contribution < 1.29 is 18.0 Å². The van der Waals surface area contributed by atoms with Crippen molar-refractivity contribution in [1.29, 1.82) is 0 Å². The molecule has 1 aliphatic heterocycles. The van der Waals surface area contributed by atoms with Crippen molar-refractivity contribution in [3.8, 4) is 0 Å². The van der Waals surface area contributed by atoms with Gasteiger partial charge in [-0.05, 0) is 60.9 Å². The monoisotopic (exact) mass is 525 g/mol. The molecule has 0 saturated carbocycles. The minimum absolute atomic E-state index is 0.117. The lowest BCUT2D eigenvalue weighted by molar-refractivity contribution is 0.102. The number of hydrogen-bond acceptors (Lipinski definition) is 5. The topological polar surface area (TPSA) is 96.4 Å². The van der Waals surface area contributed by atoms with E-state index in [1.165, 1.54) is 12.1 Å². The second kappa shape index (κ2) is 11.1. The molecule has 38 heavy (non-hydrogen) atoms. The van der Waals surface area contributed by atoms with Crippen molar-refractivity contribution in [2.45, 2.75) is 30.2 Å². The molecule has 0 spiro atoms. The van der Waals surface area contributed by atoms with Crippen LogP contribution in [0.25, 0.3) is 0 Å². The molecule has 1 saturated heterocycles. The van der Waals surface area contributed by atoms with E-state index in [0.29, 0.717) is 28.9 Å². The minimum Gasteiger partial charge on any atom is -0.322 e. The quantitative estimate of drug-likeness (QED) is 0.322. The van der Waals surface area contributed by atoms with Crippen molar-refractivity contribution >= 4 is 27.4 Å². The van der Waals surface area contributed by atoms with E-state index in [1.54, 1.807) is 77.4 Å². The summed E-state index contributed by atoms with van der Waals surface area (Å²) in [4.78, 5) is 29.7. The molecule has 5 rings (SSSR count). The number of amides is 1. The predicted octanol–water partition coefficient (Wildman–Crippen LogP) is 5.48. The Hall–Kier alpha value is -4.14. The Morgan fingerprint density at radius 1 is 0.789 bits per heavy atom. The van der Waals surface area contributed by atoms with Gasteiger partial charge in [0.15, 0.2) is 5.78 Å². The summed E-state index contributed by atoms with van der Waals surface area (Å²) < 4.78 is 28.6. The van der Waals surface area contributed by atoms with Crippen LogP contribution in [0.4, 0.5) is 5.69 Å². The number of anilines is 1. The Bertz CT molecular complexity index is 1520. The fourth-order valence-electron chi connectivity index (χ4n) is 4.68. The molecular weight excluding hydrogens is 498 g/mol. The zero-order valence-corrected chi connectivity index (χ0v) is 21.5. The molecule has 1 aliphatic rings. The number of carbonyl (C=O) groups excluding carboxylic acids is 2. The number of benzene rings is 3. The van der Waals surface area contributed by atoms with E-state index < -0.39 is 10.0 Å². The van der Waals surface area contributed by atoms with Gasteiger partial charge in [-0.3, -0.25) is 14.6 Å². The molecule has 0 bridgehead atoms. The van der Waals surface area contributed by atoms with E-state index >= 15 is 0 Å². The zero-order chi connectivity index (χ0) is 26.5.